The first-order chi connectivity index (χ1) is 10.5. The van der Waals surface area contributed by atoms with Crippen molar-refractivity contribution in [3.63, 3.8) is 0 Å². The van der Waals surface area contributed by atoms with Gasteiger partial charge in [0.2, 0.25) is 5.91 Å². The molecule has 0 bridgehead atoms. The maximum absolute atomic E-state index is 12.1. The van der Waals surface area contributed by atoms with Gasteiger partial charge in [-0.05, 0) is 30.2 Å². The number of hydrogen-bond donors (Lipinski definition) is 0. The van der Waals surface area contributed by atoms with E-state index in [1.807, 2.05) is 0 Å². The van der Waals surface area contributed by atoms with Gasteiger partial charge in [0.15, 0.2) is 0 Å². The smallest absolute Gasteiger partial charge is 0.246 e. The molecule has 0 unspecified atom stereocenters. The van der Waals surface area contributed by atoms with Gasteiger partial charge in [-0.3, -0.25) is 9.63 Å². The van der Waals surface area contributed by atoms with Crippen molar-refractivity contribution in [3.05, 3.63) is 30.3 Å². The van der Waals surface area contributed by atoms with Gasteiger partial charge in [0.05, 0.1) is 21.2 Å². The summed E-state index contributed by atoms with van der Waals surface area (Å²) in [5.41, 5.74) is 0.714. The van der Waals surface area contributed by atoms with Crippen LogP contribution in [0, 0.1) is 11.8 Å². The molecular formula is C18H27NO2Si. The Morgan fingerprint density at radius 2 is 1.91 bits per heavy atom. The van der Waals surface area contributed by atoms with Crippen molar-refractivity contribution in [3.8, 4) is 0 Å². The van der Waals surface area contributed by atoms with Crippen LogP contribution in [0.5, 0.6) is 0 Å². The Kier molecular flexibility index (Phi) is 4.16. The number of rotatable bonds is 3. The van der Waals surface area contributed by atoms with Crippen molar-refractivity contribution in [2.75, 3.05) is 7.11 Å². The zero-order valence-corrected chi connectivity index (χ0v) is 15.1. The van der Waals surface area contributed by atoms with Gasteiger partial charge >= 0.3 is 0 Å². The molecule has 1 saturated heterocycles. The molecule has 3 rings (SSSR count). The summed E-state index contributed by atoms with van der Waals surface area (Å²) in [7, 11) is 0.0614. The molecule has 1 aliphatic carbocycles. The lowest BCUT2D eigenvalue weighted by Gasteiger charge is -2.42. The molecule has 120 valence electrons. The van der Waals surface area contributed by atoms with E-state index in [2.05, 4.69) is 50.3 Å². The van der Waals surface area contributed by atoms with Crippen LogP contribution in [-0.4, -0.2) is 32.2 Å². The van der Waals surface area contributed by atoms with Crippen LogP contribution >= 0.6 is 0 Å². The van der Waals surface area contributed by atoms with E-state index in [0.717, 1.165) is 12.8 Å². The van der Waals surface area contributed by atoms with Gasteiger partial charge in [-0.1, -0.05) is 55.5 Å². The molecule has 0 spiro atoms. The summed E-state index contributed by atoms with van der Waals surface area (Å²) in [5.74, 6) is 1.41. The fourth-order valence-electron chi connectivity index (χ4n) is 5.13. The van der Waals surface area contributed by atoms with Crippen LogP contribution in [0.4, 0.5) is 0 Å². The number of benzene rings is 1. The minimum absolute atomic E-state index is 0.163. The summed E-state index contributed by atoms with van der Waals surface area (Å²) < 4.78 is 0. The predicted octanol–water partition coefficient (Wildman–Crippen LogP) is 3.18. The Morgan fingerprint density at radius 1 is 1.23 bits per heavy atom. The number of carbonyl (C=O) groups excluding carboxylic acids is 1. The van der Waals surface area contributed by atoms with Gasteiger partial charge in [0, 0.05) is 6.42 Å². The molecule has 1 amide bonds. The fraction of sp³-hybridized carbons (Fsp3) is 0.611. The first kappa shape index (κ1) is 15.8. The van der Waals surface area contributed by atoms with E-state index >= 15 is 0 Å². The van der Waals surface area contributed by atoms with Crippen LogP contribution in [0.3, 0.4) is 0 Å². The Morgan fingerprint density at radius 3 is 2.55 bits per heavy atom. The topological polar surface area (TPSA) is 29.5 Å². The lowest BCUT2D eigenvalue weighted by molar-refractivity contribution is -0.199. The third-order valence-electron chi connectivity index (χ3n) is 5.97. The Hall–Kier alpha value is -1.13. The van der Waals surface area contributed by atoms with Gasteiger partial charge < -0.3 is 0 Å². The molecule has 0 aromatic heterocycles. The van der Waals surface area contributed by atoms with Crippen LogP contribution in [-0.2, 0) is 9.63 Å². The second-order valence-electron chi connectivity index (χ2n) is 7.50. The van der Waals surface area contributed by atoms with Crippen LogP contribution in [0.25, 0.3) is 0 Å². The van der Waals surface area contributed by atoms with Gasteiger partial charge in [-0.25, -0.2) is 5.06 Å². The number of hydroxylamine groups is 2. The number of amides is 1. The molecule has 22 heavy (non-hydrogen) atoms. The Bertz CT molecular complexity index is 545. The van der Waals surface area contributed by atoms with E-state index < -0.39 is 8.07 Å². The Balaban J connectivity index is 1.93. The molecular weight excluding hydrogens is 290 g/mol. The highest BCUT2D eigenvalue weighted by atomic mass is 28.3. The largest absolute Gasteiger partial charge is 0.274 e. The van der Waals surface area contributed by atoms with Crippen molar-refractivity contribution in [2.45, 2.75) is 50.9 Å². The summed E-state index contributed by atoms with van der Waals surface area (Å²) in [6.07, 6.45) is 2.75. The molecule has 4 atom stereocenters. The molecule has 0 radical (unpaired) electrons. The summed E-state index contributed by atoms with van der Waals surface area (Å²) in [6, 6.07) is 11.3. The minimum Gasteiger partial charge on any atom is -0.274 e. The van der Waals surface area contributed by atoms with Crippen molar-refractivity contribution in [1.29, 1.82) is 0 Å². The molecule has 2 aliphatic rings. The zero-order valence-electron chi connectivity index (χ0n) is 14.1. The van der Waals surface area contributed by atoms with E-state index in [1.54, 1.807) is 12.2 Å². The third-order valence-corrected chi connectivity index (χ3v) is 10.5. The van der Waals surface area contributed by atoms with Crippen molar-refractivity contribution in [2.24, 2.45) is 11.8 Å². The number of piperidine rings is 1. The van der Waals surface area contributed by atoms with Crippen molar-refractivity contribution >= 4 is 19.2 Å². The first-order valence-electron chi connectivity index (χ1n) is 8.38. The van der Waals surface area contributed by atoms with Gasteiger partial charge in [0.1, 0.15) is 0 Å². The maximum Gasteiger partial charge on any atom is 0.246 e. The van der Waals surface area contributed by atoms with E-state index in [9.17, 15) is 4.79 Å². The maximum atomic E-state index is 12.1. The number of hydrogen-bond acceptors (Lipinski definition) is 2. The monoisotopic (exact) mass is 317 g/mol. The highest BCUT2D eigenvalue weighted by Crippen LogP contribution is 2.52. The van der Waals surface area contributed by atoms with Crippen LogP contribution in [0.15, 0.2) is 30.3 Å². The summed E-state index contributed by atoms with van der Waals surface area (Å²) in [4.78, 5) is 17.5. The summed E-state index contributed by atoms with van der Waals surface area (Å²) in [6.45, 7) is 7.37. The molecule has 4 heteroatoms. The van der Waals surface area contributed by atoms with Gasteiger partial charge in [-0.15, -0.1) is 0 Å². The molecule has 1 aliphatic heterocycles. The zero-order chi connectivity index (χ0) is 15.9. The standard InChI is InChI=1S/C18H27NO2Si/c1-13-12-16-15(10-11-17(20)19(16)21-2)18(13)22(3,4)14-8-6-5-7-9-14/h5-9,13,15-16,18H,10-12H2,1-4H3/t13-,15-,16-,18-/m0/s1. The average Bonchev–Trinajstić information content (AvgIpc) is 2.84. The molecule has 2 fully saturated rings. The van der Waals surface area contributed by atoms with E-state index in [4.69, 9.17) is 4.84 Å². The third kappa shape index (κ3) is 2.42. The lowest BCUT2D eigenvalue weighted by atomic mass is 9.92. The lowest BCUT2D eigenvalue weighted by Crippen LogP contribution is -2.52. The predicted molar refractivity (Wildman–Crippen MR) is 91.5 cm³/mol. The second-order valence-corrected chi connectivity index (χ2v) is 12.2. The van der Waals surface area contributed by atoms with Gasteiger partial charge in [0.25, 0.3) is 0 Å². The number of fused-ring (bicyclic) bond motifs is 1. The number of carbonyl (C=O) groups is 1. The fourth-order valence-corrected chi connectivity index (χ4v) is 9.59. The van der Waals surface area contributed by atoms with Crippen molar-refractivity contribution < 1.29 is 9.63 Å². The van der Waals surface area contributed by atoms with Crippen LogP contribution in [0.2, 0.25) is 18.6 Å². The number of nitrogens with zero attached hydrogens (tertiary/aromatic N) is 1. The SMILES string of the molecule is CON1C(=O)CC[C@@H]2[C@@H]([Si](C)(C)c3ccccc3)[C@@H](C)C[C@@H]21. The van der Waals surface area contributed by atoms with E-state index in [1.165, 1.54) is 5.19 Å². The quantitative estimate of drug-likeness (QED) is 0.801. The highest BCUT2D eigenvalue weighted by molar-refractivity contribution is 6.91. The molecule has 0 N–H and O–H groups in total. The molecule has 1 aromatic carbocycles. The first-order valence-corrected chi connectivity index (χ1v) is 11.5. The molecule has 1 saturated carbocycles. The second kappa shape index (κ2) is 5.82. The van der Waals surface area contributed by atoms with E-state index in [-0.39, 0.29) is 11.9 Å². The summed E-state index contributed by atoms with van der Waals surface area (Å²) >= 11 is 0. The average molecular weight is 318 g/mol. The normalized spacial score (nSPS) is 32.2. The minimum atomic E-state index is -1.58. The summed E-state index contributed by atoms with van der Waals surface area (Å²) in [5, 5.41) is 3.22. The molecule has 1 heterocycles. The highest BCUT2D eigenvalue weighted by Gasteiger charge is 2.53. The molecule has 3 nitrogen and oxygen atoms in total. The van der Waals surface area contributed by atoms with E-state index in [0.29, 0.717) is 23.8 Å². The molecule has 1 aromatic rings. The van der Waals surface area contributed by atoms with Crippen molar-refractivity contribution in [1.82, 2.24) is 5.06 Å². The van der Waals surface area contributed by atoms with Crippen LogP contribution in [0.1, 0.15) is 26.2 Å². The Labute approximate surface area is 134 Å². The van der Waals surface area contributed by atoms with Crippen LogP contribution < -0.4 is 5.19 Å². The van der Waals surface area contributed by atoms with Gasteiger partial charge in [-0.2, -0.15) is 0 Å².